The molecule has 1 aliphatic rings. The highest BCUT2D eigenvalue weighted by Crippen LogP contribution is 2.32. The number of aliphatic hydroxyl groups is 1. The minimum Gasteiger partial charge on any atom is -0.394 e. The molecular formula is C21H25N5O. The SMILES string of the molecule is OCCn1nc(-c2ccncc2)nc1[C@H]1CCCCN1Cc1ccccc1. The van der Waals surface area contributed by atoms with Gasteiger partial charge in [0.05, 0.1) is 19.2 Å². The van der Waals surface area contributed by atoms with Crippen molar-refractivity contribution in [2.24, 2.45) is 0 Å². The van der Waals surface area contributed by atoms with E-state index in [4.69, 9.17) is 4.98 Å². The van der Waals surface area contributed by atoms with Crippen LogP contribution in [0.2, 0.25) is 0 Å². The molecule has 3 aromatic rings. The predicted molar refractivity (Wildman–Crippen MR) is 104 cm³/mol. The zero-order valence-electron chi connectivity index (χ0n) is 15.4. The average molecular weight is 363 g/mol. The van der Waals surface area contributed by atoms with E-state index in [2.05, 4.69) is 45.3 Å². The molecule has 1 aliphatic heterocycles. The lowest BCUT2D eigenvalue weighted by atomic mass is 10.0. The van der Waals surface area contributed by atoms with Crippen LogP contribution in [-0.2, 0) is 13.1 Å². The summed E-state index contributed by atoms with van der Waals surface area (Å²) in [5.74, 6) is 1.65. The lowest BCUT2D eigenvalue weighted by Gasteiger charge is -2.35. The molecule has 140 valence electrons. The molecule has 6 nitrogen and oxygen atoms in total. The van der Waals surface area contributed by atoms with Crippen LogP contribution in [-0.4, -0.2) is 42.9 Å². The van der Waals surface area contributed by atoms with Crippen molar-refractivity contribution >= 4 is 0 Å². The highest BCUT2D eigenvalue weighted by atomic mass is 16.3. The Bertz CT molecular complexity index is 850. The minimum atomic E-state index is 0.0531. The van der Waals surface area contributed by atoms with Gasteiger partial charge in [0, 0.05) is 24.5 Å². The van der Waals surface area contributed by atoms with Gasteiger partial charge in [-0.3, -0.25) is 9.88 Å². The second-order valence-electron chi connectivity index (χ2n) is 6.94. The summed E-state index contributed by atoms with van der Waals surface area (Å²) in [6.45, 7) is 2.47. The maximum Gasteiger partial charge on any atom is 0.181 e. The molecular weight excluding hydrogens is 338 g/mol. The number of hydrogen-bond acceptors (Lipinski definition) is 5. The van der Waals surface area contributed by atoms with Gasteiger partial charge in [0.1, 0.15) is 5.82 Å². The molecule has 0 unspecified atom stereocenters. The summed E-state index contributed by atoms with van der Waals surface area (Å²) in [6, 6.07) is 14.6. The van der Waals surface area contributed by atoms with E-state index in [0.29, 0.717) is 12.4 Å². The Hall–Kier alpha value is -2.57. The first kappa shape index (κ1) is 17.8. The quantitative estimate of drug-likeness (QED) is 0.729. The summed E-state index contributed by atoms with van der Waals surface area (Å²) in [4.78, 5) is 11.5. The number of aliphatic hydroxyl groups excluding tert-OH is 1. The van der Waals surface area contributed by atoms with E-state index < -0.39 is 0 Å². The van der Waals surface area contributed by atoms with Gasteiger partial charge in [-0.25, -0.2) is 9.67 Å². The molecule has 0 bridgehead atoms. The molecule has 1 saturated heterocycles. The Morgan fingerprint density at radius 3 is 2.63 bits per heavy atom. The molecule has 6 heteroatoms. The van der Waals surface area contributed by atoms with Gasteiger partial charge >= 0.3 is 0 Å². The number of rotatable bonds is 6. The Labute approximate surface area is 159 Å². The summed E-state index contributed by atoms with van der Waals surface area (Å²) >= 11 is 0. The summed E-state index contributed by atoms with van der Waals surface area (Å²) in [7, 11) is 0. The predicted octanol–water partition coefficient (Wildman–Crippen LogP) is 3.06. The van der Waals surface area contributed by atoms with Crippen molar-refractivity contribution in [3.05, 3.63) is 66.2 Å². The Kier molecular flexibility index (Phi) is 5.55. The maximum atomic E-state index is 9.51. The Balaban J connectivity index is 1.65. The molecule has 27 heavy (non-hydrogen) atoms. The summed E-state index contributed by atoms with van der Waals surface area (Å²) in [6.07, 6.45) is 6.96. The molecule has 0 aliphatic carbocycles. The molecule has 1 aromatic carbocycles. The molecule has 2 aromatic heterocycles. The van der Waals surface area contributed by atoms with Crippen molar-refractivity contribution < 1.29 is 5.11 Å². The first-order valence-corrected chi connectivity index (χ1v) is 9.59. The molecule has 4 rings (SSSR count). The molecule has 1 fully saturated rings. The lowest BCUT2D eigenvalue weighted by Crippen LogP contribution is -2.35. The van der Waals surface area contributed by atoms with E-state index in [1.165, 1.54) is 18.4 Å². The number of piperidine rings is 1. The number of likely N-dealkylation sites (tertiary alicyclic amines) is 1. The second-order valence-corrected chi connectivity index (χ2v) is 6.94. The van der Waals surface area contributed by atoms with Gasteiger partial charge in [0.2, 0.25) is 0 Å². The van der Waals surface area contributed by atoms with Crippen LogP contribution in [0.25, 0.3) is 11.4 Å². The van der Waals surface area contributed by atoms with E-state index in [-0.39, 0.29) is 12.6 Å². The van der Waals surface area contributed by atoms with Crippen LogP contribution in [0.5, 0.6) is 0 Å². The third-order valence-corrected chi connectivity index (χ3v) is 5.09. The minimum absolute atomic E-state index is 0.0531. The Morgan fingerprint density at radius 1 is 1.04 bits per heavy atom. The average Bonchev–Trinajstić information content (AvgIpc) is 3.14. The van der Waals surface area contributed by atoms with Crippen LogP contribution < -0.4 is 0 Å². The highest BCUT2D eigenvalue weighted by molar-refractivity contribution is 5.53. The fourth-order valence-corrected chi connectivity index (χ4v) is 3.77. The fourth-order valence-electron chi connectivity index (χ4n) is 3.77. The van der Waals surface area contributed by atoms with Crippen molar-refractivity contribution in [2.45, 2.75) is 38.4 Å². The smallest absolute Gasteiger partial charge is 0.181 e. The van der Waals surface area contributed by atoms with E-state index >= 15 is 0 Å². The molecule has 0 amide bonds. The molecule has 0 spiro atoms. The second kappa shape index (κ2) is 8.41. The zero-order valence-corrected chi connectivity index (χ0v) is 15.4. The van der Waals surface area contributed by atoms with Crippen molar-refractivity contribution in [3.63, 3.8) is 0 Å². The lowest BCUT2D eigenvalue weighted by molar-refractivity contribution is 0.128. The molecule has 1 N–H and O–H groups in total. The van der Waals surface area contributed by atoms with Crippen molar-refractivity contribution in [1.29, 1.82) is 0 Å². The van der Waals surface area contributed by atoms with Gasteiger partial charge in [0.15, 0.2) is 5.82 Å². The molecule has 0 radical (unpaired) electrons. The standard InChI is InChI=1S/C21H25N5O/c27-15-14-26-21(23-20(24-26)18-9-11-22-12-10-18)19-8-4-5-13-25(19)16-17-6-2-1-3-7-17/h1-3,6-7,9-12,19,27H,4-5,8,13-16H2/t19-/m1/s1. The van der Waals surface area contributed by atoms with Crippen LogP contribution in [0.3, 0.4) is 0 Å². The van der Waals surface area contributed by atoms with Crippen LogP contribution in [0, 0.1) is 0 Å². The summed E-state index contributed by atoms with van der Waals surface area (Å²) in [5.41, 5.74) is 2.26. The van der Waals surface area contributed by atoms with Crippen molar-refractivity contribution in [2.75, 3.05) is 13.2 Å². The van der Waals surface area contributed by atoms with Gasteiger partial charge in [-0.15, -0.1) is 0 Å². The van der Waals surface area contributed by atoms with Gasteiger partial charge in [-0.2, -0.15) is 5.10 Å². The molecule has 1 atom stereocenters. The van der Waals surface area contributed by atoms with E-state index in [9.17, 15) is 5.11 Å². The third kappa shape index (κ3) is 4.07. The van der Waals surface area contributed by atoms with E-state index in [0.717, 1.165) is 30.9 Å². The van der Waals surface area contributed by atoms with Gasteiger partial charge in [0.25, 0.3) is 0 Å². The maximum absolute atomic E-state index is 9.51. The molecule has 0 saturated carbocycles. The number of aromatic nitrogens is 4. The fraction of sp³-hybridized carbons (Fsp3) is 0.381. The first-order chi connectivity index (χ1) is 13.3. The largest absolute Gasteiger partial charge is 0.394 e. The van der Waals surface area contributed by atoms with Gasteiger partial charge < -0.3 is 5.11 Å². The van der Waals surface area contributed by atoms with Crippen LogP contribution in [0.1, 0.15) is 36.7 Å². The first-order valence-electron chi connectivity index (χ1n) is 9.59. The topological polar surface area (TPSA) is 67.1 Å². The monoisotopic (exact) mass is 363 g/mol. The number of nitrogens with zero attached hydrogens (tertiary/aromatic N) is 5. The normalized spacial score (nSPS) is 17.9. The Morgan fingerprint density at radius 2 is 1.85 bits per heavy atom. The zero-order chi connectivity index (χ0) is 18.5. The highest BCUT2D eigenvalue weighted by Gasteiger charge is 2.29. The van der Waals surface area contributed by atoms with Crippen molar-refractivity contribution in [3.8, 4) is 11.4 Å². The summed E-state index contributed by atoms with van der Waals surface area (Å²) < 4.78 is 1.88. The third-order valence-electron chi connectivity index (χ3n) is 5.09. The van der Waals surface area contributed by atoms with Gasteiger partial charge in [-0.05, 0) is 37.1 Å². The van der Waals surface area contributed by atoms with Gasteiger partial charge in [-0.1, -0.05) is 36.8 Å². The van der Waals surface area contributed by atoms with E-state index in [1.807, 2.05) is 16.8 Å². The van der Waals surface area contributed by atoms with Crippen LogP contribution >= 0.6 is 0 Å². The number of hydrogen-bond donors (Lipinski definition) is 1. The molecule has 3 heterocycles. The summed E-state index contributed by atoms with van der Waals surface area (Å²) in [5, 5.41) is 14.2. The van der Waals surface area contributed by atoms with Crippen molar-refractivity contribution in [1.82, 2.24) is 24.6 Å². The van der Waals surface area contributed by atoms with Crippen LogP contribution in [0.15, 0.2) is 54.9 Å². The number of pyridine rings is 1. The number of benzene rings is 1. The van der Waals surface area contributed by atoms with E-state index in [1.54, 1.807) is 12.4 Å². The van der Waals surface area contributed by atoms with Crippen LogP contribution in [0.4, 0.5) is 0 Å².